The first-order valence-corrected chi connectivity index (χ1v) is 10.2. The number of carbonyl (C=O) groups is 2. The number of amides is 2. The summed E-state index contributed by atoms with van der Waals surface area (Å²) in [6.07, 6.45) is 1.67. The van der Waals surface area contributed by atoms with Crippen molar-refractivity contribution < 1.29 is 14.3 Å². The zero-order valence-electron chi connectivity index (χ0n) is 17.1. The predicted octanol–water partition coefficient (Wildman–Crippen LogP) is 3.89. The van der Waals surface area contributed by atoms with Crippen molar-refractivity contribution in [3.05, 3.63) is 54.1 Å². The summed E-state index contributed by atoms with van der Waals surface area (Å²) < 4.78 is 5.58. The summed E-state index contributed by atoms with van der Waals surface area (Å²) in [6, 6.07) is 15.4. The molecule has 0 aromatic heterocycles. The molecule has 29 heavy (non-hydrogen) atoms. The Balaban J connectivity index is 1.49. The minimum absolute atomic E-state index is 0.00503. The van der Waals surface area contributed by atoms with Crippen LogP contribution in [0.4, 0.5) is 11.4 Å². The quantitative estimate of drug-likeness (QED) is 0.746. The maximum absolute atomic E-state index is 12.6. The number of hydrogen-bond donors (Lipinski definition) is 2. The van der Waals surface area contributed by atoms with Gasteiger partial charge in [-0.25, -0.2) is 0 Å². The second-order valence-corrected chi connectivity index (χ2v) is 7.38. The van der Waals surface area contributed by atoms with E-state index in [1.54, 1.807) is 12.1 Å². The lowest BCUT2D eigenvalue weighted by Crippen LogP contribution is -2.37. The zero-order chi connectivity index (χ0) is 20.6. The van der Waals surface area contributed by atoms with Crippen LogP contribution in [-0.2, 0) is 16.1 Å². The number of hydrogen-bond acceptors (Lipinski definition) is 4. The van der Waals surface area contributed by atoms with E-state index < -0.39 is 0 Å². The first-order valence-electron chi connectivity index (χ1n) is 10.2. The summed E-state index contributed by atoms with van der Waals surface area (Å²) in [4.78, 5) is 26.2. The third kappa shape index (κ3) is 6.32. The van der Waals surface area contributed by atoms with Crippen LogP contribution in [0.1, 0.15) is 32.3 Å². The Bertz CT molecular complexity index is 845. The topological polar surface area (TPSA) is 70.7 Å². The highest BCUT2D eigenvalue weighted by atomic mass is 16.5. The van der Waals surface area contributed by atoms with E-state index in [1.807, 2.05) is 31.2 Å². The number of benzene rings is 2. The van der Waals surface area contributed by atoms with Gasteiger partial charge >= 0.3 is 0 Å². The SMILES string of the molecule is CCOc1cccc(CN2CCC(C(=O)Nc3cccc(NC(C)=O)c3)CC2)c1. The van der Waals surface area contributed by atoms with Crippen molar-refractivity contribution in [3.8, 4) is 5.75 Å². The van der Waals surface area contributed by atoms with Crippen LogP contribution in [0.15, 0.2) is 48.5 Å². The average Bonchev–Trinajstić information content (AvgIpc) is 2.69. The second kappa shape index (κ2) is 10.1. The average molecular weight is 396 g/mol. The Morgan fingerprint density at radius 3 is 2.41 bits per heavy atom. The highest BCUT2D eigenvalue weighted by molar-refractivity contribution is 5.94. The van der Waals surface area contributed by atoms with Crippen molar-refractivity contribution in [2.24, 2.45) is 5.92 Å². The number of ether oxygens (including phenoxy) is 1. The van der Waals surface area contributed by atoms with Crippen molar-refractivity contribution in [1.29, 1.82) is 0 Å². The Kier molecular flexibility index (Phi) is 7.25. The fourth-order valence-corrected chi connectivity index (χ4v) is 3.63. The lowest BCUT2D eigenvalue weighted by Gasteiger charge is -2.31. The first-order chi connectivity index (χ1) is 14.0. The fraction of sp³-hybridized carbons (Fsp3) is 0.391. The van der Waals surface area contributed by atoms with Gasteiger partial charge in [-0.2, -0.15) is 0 Å². The Morgan fingerprint density at radius 1 is 1.03 bits per heavy atom. The summed E-state index contributed by atoms with van der Waals surface area (Å²) in [5.74, 6) is 0.821. The van der Waals surface area contributed by atoms with E-state index in [0.717, 1.165) is 38.2 Å². The van der Waals surface area contributed by atoms with Crippen molar-refractivity contribution in [2.75, 3.05) is 30.3 Å². The van der Waals surface area contributed by atoms with Gasteiger partial charge in [-0.15, -0.1) is 0 Å². The molecule has 6 nitrogen and oxygen atoms in total. The molecule has 0 saturated carbocycles. The lowest BCUT2D eigenvalue weighted by atomic mass is 9.95. The summed E-state index contributed by atoms with van der Waals surface area (Å²) in [5.41, 5.74) is 2.62. The van der Waals surface area contributed by atoms with Crippen LogP contribution in [-0.4, -0.2) is 36.4 Å². The Hall–Kier alpha value is -2.86. The van der Waals surface area contributed by atoms with Crippen molar-refractivity contribution in [1.82, 2.24) is 4.90 Å². The van der Waals surface area contributed by atoms with E-state index in [0.29, 0.717) is 18.0 Å². The predicted molar refractivity (Wildman–Crippen MR) is 115 cm³/mol. The molecule has 3 rings (SSSR count). The van der Waals surface area contributed by atoms with Crippen molar-refractivity contribution in [3.63, 3.8) is 0 Å². The number of likely N-dealkylation sites (tertiary alicyclic amines) is 1. The number of piperidine rings is 1. The molecule has 1 aliphatic rings. The minimum Gasteiger partial charge on any atom is -0.494 e. The molecule has 6 heteroatoms. The van der Waals surface area contributed by atoms with Gasteiger partial charge in [0.2, 0.25) is 11.8 Å². The van der Waals surface area contributed by atoms with Gasteiger partial charge in [-0.3, -0.25) is 14.5 Å². The molecule has 1 fully saturated rings. The van der Waals surface area contributed by atoms with Crippen LogP contribution in [0.5, 0.6) is 5.75 Å². The molecule has 0 spiro atoms. The van der Waals surface area contributed by atoms with E-state index in [9.17, 15) is 9.59 Å². The minimum atomic E-state index is -0.132. The molecule has 2 N–H and O–H groups in total. The van der Waals surface area contributed by atoms with Gasteiger partial charge in [-0.05, 0) is 68.8 Å². The van der Waals surface area contributed by atoms with Gasteiger partial charge in [-0.1, -0.05) is 18.2 Å². The Labute approximate surface area is 172 Å². The highest BCUT2D eigenvalue weighted by Crippen LogP contribution is 2.23. The molecular weight excluding hydrogens is 366 g/mol. The number of nitrogens with zero attached hydrogens (tertiary/aromatic N) is 1. The number of nitrogens with one attached hydrogen (secondary N) is 2. The van der Waals surface area contributed by atoms with Crippen LogP contribution in [0.25, 0.3) is 0 Å². The number of anilines is 2. The molecule has 0 aliphatic carbocycles. The fourth-order valence-electron chi connectivity index (χ4n) is 3.63. The van der Waals surface area contributed by atoms with Gasteiger partial charge in [0, 0.05) is 30.8 Å². The van der Waals surface area contributed by atoms with E-state index in [-0.39, 0.29) is 17.7 Å². The van der Waals surface area contributed by atoms with Crippen molar-refractivity contribution >= 4 is 23.2 Å². The van der Waals surface area contributed by atoms with Crippen LogP contribution >= 0.6 is 0 Å². The maximum atomic E-state index is 12.6. The number of carbonyl (C=O) groups excluding carboxylic acids is 2. The van der Waals surface area contributed by atoms with Crippen LogP contribution in [0.3, 0.4) is 0 Å². The zero-order valence-corrected chi connectivity index (χ0v) is 17.1. The molecular formula is C23H29N3O3. The molecule has 1 heterocycles. The van der Waals surface area contributed by atoms with Gasteiger partial charge < -0.3 is 15.4 Å². The largest absolute Gasteiger partial charge is 0.494 e. The van der Waals surface area contributed by atoms with Gasteiger partial charge in [0.05, 0.1) is 6.61 Å². The molecule has 2 aromatic rings. The van der Waals surface area contributed by atoms with E-state index in [1.165, 1.54) is 12.5 Å². The van der Waals surface area contributed by atoms with Crippen LogP contribution < -0.4 is 15.4 Å². The summed E-state index contributed by atoms with van der Waals surface area (Å²) in [5, 5.41) is 5.72. The summed E-state index contributed by atoms with van der Waals surface area (Å²) in [6.45, 7) is 6.77. The monoisotopic (exact) mass is 395 g/mol. The van der Waals surface area contributed by atoms with Gasteiger partial charge in [0.1, 0.15) is 5.75 Å². The molecule has 2 aromatic carbocycles. The first kappa shape index (κ1) is 20.9. The molecule has 1 aliphatic heterocycles. The molecule has 154 valence electrons. The van der Waals surface area contributed by atoms with Crippen molar-refractivity contribution in [2.45, 2.75) is 33.2 Å². The standard InChI is InChI=1S/C23H29N3O3/c1-3-29-22-9-4-6-18(14-22)16-26-12-10-19(11-13-26)23(28)25-21-8-5-7-20(15-21)24-17(2)27/h4-9,14-15,19H,3,10-13,16H2,1-2H3,(H,24,27)(H,25,28). The van der Waals surface area contributed by atoms with Crippen LogP contribution in [0.2, 0.25) is 0 Å². The maximum Gasteiger partial charge on any atom is 0.227 e. The summed E-state index contributed by atoms with van der Waals surface area (Å²) in [7, 11) is 0. The number of rotatable bonds is 7. The molecule has 1 saturated heterocycles. The molecule has 2 amide bonds. The third-order valence-electron chi connectivity index (χ3n) is 5.02. The van der Waals surface area contributed by atoms with E-state index in [2.05, 4.69) is 27.7 Å². The van der Waals surface area contributed by atoms with Crippen LogP contribution in [0, 0.1) is 5.92 Å². The smallest absolute Gasteiger partial charge is 0.227 e. The molecule has 0 bridgehead atoms. The molecule has 0 radical (unpaired) electrons. The Morgan fingerprint density at radius 2 is 1.72 bits per heavy atom. The highest BCUT2D eigenvalue weighted by Gasteiger charge is 2.25. The normalized spacial score (nSPS) is 15.0. The van der Waals surface area contributed by atoms with E-state index >= 15 is 0 Å². The summed E-state index contributed by atoms with van der Waals surface area (Å²) >= 11 is 0. The molecule has 0 atom stereocenters. The van der Waals surface area contributed by atoms with Gasteiger partial charge in [0.25, 0.3) is 0 Å². The molecule has 0 unspecified atom stereocenters. The van der Waals surface area contributed by atoms with Gasteiger partial charge in [0.15, 0.2) is 0 Å². The lowest BCUT2D eigenvalue weighted by molar-refractivity contribution is -0.121. The third-order valence-corrected chi connectivity index (χ3v) is 5.02. The van der Waals surface area contributed by atoms with E-state index in [4.69, 9.17) is 4.74 Å². The second-order valence-electron chi connectivity index (χ2n) is 7.38.